The maximum Gasteiger partial charge on any atom is 0.350 e. The fourth-order valence-electron chi connectivity index (χ4n) is 3.89. The molecule has 1 fully saturated rings. The molecule has 162 valence electrons. The molecule has 1 aliphatic heterocycles. The Hall–Kier alpha value is -2.97. The molecule has 0 saturated carbocycles. The molecular weight excluding hydrogens is 421 g/mol. The number of carbonyl (C=O) groups is 1. The summed E-state index contributed by atoms with van der Waals surface area (Å²) in [5.74, 6) is 0.179. The van der Waals surface area contributed by atoms with E-state index in [0.717, 1.165) is 24.4 Å². The number of nitrogens with zero attached hydrogens (tertiary/aromatic N) is 4. The highest BCUT2D eigenvalue weighted by atomic mass is 35.5. The Morgan fingerprint density at radius 1 is 1.19 bits per heavy atom. The third-order valence-corrected chi connectivity index (χ3v) is 5.78. The van der Waals surface area contributed by atoms with Crippen LogP contribution in [0.1, 0.15) is 24.6 Å². The van der Waals surface area contributed by atoms with Gasteiger partial charge in [-0.05, 0) is 56.3 Å². The van der Waals surface area contributed by atoms with Gasteiger partial charge in [-0.25, -0.2) is 18.4 Å². The maximum absolute atomic E-state index is 13.3. The second-order valence-corrected chi connectivity index (χ2v) is 8.07. The largest absolute Gasteiger partial charge is 0.350 e. The highest BCUT2D eigenvalue weighted by molar-refractivity contribution is 6.31. The summed E-state index contributed by atoms with van der Waals surface area (Å²) >= 11 is 5.76. The zero-order chi connectivity index (χ0) is 22.0. The van der Waals surface area contributed by atoms with Crippen LogP contribution in [0, 0.1) is 5.82 Å². The van der Waals surface area contributed by atoms with Crippen molar-refractivity contribution < 1.29 is 9.18 Å². The molecule has 1 saturated heterocycles. The molecule has 2 aromatic carbocycles. The van der Waals surface area contributed by atoms with Gasteiger partial charge in [-0.15, -0.1) is 0 Å². The number of nitrogens with one attached hydrogen (secondary N) is 1. The first kappa shape index (κ1) is 21.3. The predicted octanol–water partition coefficient (Wildman–Crippen LogP) is 3.18. The first-order valence-corrected chi connectivity index (χ1v) is 10.5. The van der Waals surface area contributed by atoms with Crippen molar-refractivity contribution >= 4 is 23.2 Å². The average Bonchev–Trinajstić information content (AvgIpc) is 3.06. The van der Waals surface area contributed by atoms with Crippen molar-refractivity contribution in [2.45, 2.75) is 18.8 Å². The van der Waals surface area contributed by atoms with E-state index < -0.39 is 5.82 Å². The number of amides is 1. The highest BCUT2D eigenvalue weighted by Crippen LogP contribution is 2.27. The molecule has 3 aromatic rings. The van der Waals surface area contributed by atoms with Gasteiger partial charge in [0.1, 0.15) is 11.6 Å². The molecule has 0 atom stereocenters. The quantitative estimate of drug-likeness (QED) is 0.657. The number of likely N-dealkylation sites (tertiary alicyclic amines) is 1. The standard InChI is InChI=1S/C22H23ClFN5O2/c1-27-22(31)29(17-5-3-2-4-6-17)21(26-27)15-9-11-28(12-10-15)14-20(30)25-16-7-8-19(24)18(23)13-16/h2-8,13,15H,9-12,14H2,1H3,(H,25,30). The minimum Gasteiger partial charge on any atom is -0.325 e. The lowest BCUT2D eigenvalue weighted by Gasteiger charge is -2.31. The minimum atomic E-state index is -0.523. The number of hydrogen-bond donors (Lipinski definition) is 1. The fourth-order valence-corrected chi connectivity index (χ4v) is 4.08. The Morgan fingerprint density at radius 3 is 2.58 bits per heavy atom. The van der Waals surface area contributed by atoms with Crippen LogP contribution in [0.15, 0.2) is 53.3 Å². The lowest BCUT2D eigenvalue weighted by Crippen LogP contribution is -2.39. The van der Waals surface area contributed by atoms with E-state index in [1.54, 1.807) is 11.6 Å². The number of para-hydroxylation sites is 1. The van der Waals surface area contributed by atoms with Crippen molar-refractivity contribution in [1.82, 2.24) is 19.2 Å². The Bertz CT molecular complexity index is 1140. The van der Waals surface area contributed by atoms with Gasteiger partial charge in [-0.3, -0.25) is 9.69 Å². The second kappa shape index (κ2) is 9.03. The average molecular weight is 444 g/mol. The molecule has 1 N–H and O–H groups in total. The third-order valence-electron chi connectivity index (χ3n) is 5.49. The number of carbonyl (C=O) groups excluding carboxylic acids is 1. The van der Waals surface area contributed by atoms with Gasteiger partial charge >= 0.3 is 5.69 Å². The van der Waals surface area contributed by atoms with Gasteiger partial charge in [0.05, 0.1) is 17.3 Å². The Kier molecular flexibility index (Phi) is 6.20. The van der Waals surface area contributed by atoms with Gasteiger partial charge in [0.15, 0.2) is 0 Å². The number of rotatable bonds is 5. The third kappa shape index (κ3) is 4.70. The molecule has 4 rings (SSSR count). The molecule has 0 aliphatic carbocycles. The summed E-state index contributed by atoms with van der Waals surface area (Å²) in [6.45, 7) is 1.65. The number of benzene rings is 2. The normalized spacial score (nSPS) is 15.2. The molecule has 9 heteroatoms. The van der Waals surface area contributed by atoms with Crippen molar-refractivity contribution in [1.29, 1.82) is 0 Å². The van der Waals surface area contributed by atoms with Gasteiger partial charge in [-0.2, -0.15) is 5.10 Å². The van der Waals surface area contributed by atoms with E-state index in [9.17, 15) is 14.0 Å². The second-order valence-electron chi connectivity index (χ2n) is 7.66. The molecule has 7 nitrogen and oxygen atoms in total. The van der Waals surface area contributed by atoms with Crippen LogP contribution in [0.2, 0.25) is 5.02 Å². The smallest absolute Gasteiger partial charge is 0.325 e. The van der Waals surface area contributed by atoms with Crippen molar-refractivity contribution in [3.63, 3.8) is 0 Å². The van der Waals surface area contributed by atoms with Gasteiger partial charge < -0.3 is 5.32 Å². The van der Waals surface area contributed by atoms with Crippen LogP contribution in [0.5, 0.6) is 0 Å². The molecule has 1 aliphatic rings. The van der Waals surface area contributed by atoms with Crippen LogP contribution in [-0.2, 0) is 11.8 Å². The molecule has 0 bridgehead atoms. The van der Waals surface area contributed by atoms with Crippen molar-refractivity contribution in [2.75, 3.05) is 25.0 Å². The molecule has 0 unspecified atom stereocenters. The molecule has 1 amide bonds. The summed E-state index contributed by atoms with van der Waals surface area (Å²) in [5, 5.41) is 7.21. The predicted molar refractivity (Wildman–Crippen MR) is 117 cm³/mol. The first-order chi connectivity index (χ1) is 14.9. The number of halogens is 2. The zero-order valence-corrected chi connectivity index (χ0v) is 17.8. The molecule has 31 heavy (non-hydrogen) atoms. The number of aryl methyl sites for hydroxylation is 1. The number of aromatic nitrogens is 3. The minimum absolute atomic E-state index is 0.0292. The monoisotopic (exact) mass is 443 g/mol. The number of piperidine rings is 1. The van der Waals surface area contributed by atoms with Crippen molar-refractivity contribution in [2.24, 2.45) is 7.05 Å². The molecule has 1 aromatic heterocycles. The first-order valence-electron chi connectivity index (χ1n) is 10.1. The fraction of sp³-hybridized carbons (Fsp3) is 0.318. The van der Waals surface area contributed by atoms with Crippen LogP contribution >= 0.6 is 11.6 Å². The van der Waals surface area contributed by atoms with E-state index in [4.69, 9.17) is 11.6 Å². The lowest BCUT2D eigenvalue weighted by atomic mass is 9.95. The summed E-state index contributed by atoms with van der Waals surface area (Å²) in [6, 6.07) is 13.6. The Balaban J connectivity index is 1.39. The van der Waals surface area contributed by atoms with E-state index in [2.05, 4.69) is 15.3 Å². The highest BCUT2D eigenvalue weighted by Gasteiger charge is 2.27. The van der Waals surface area contributed by atoms with Gasteiger partial charge in [0, 0.05) is 18.7 Å². The summed E-state index contributed by atoms with van der Waals surface area (Å²) < 4.78 is 16.3. The van der Waals surface area contributed by atoms with E-state index in [1.807, 2.05) is 30.3 Å². The molecule has 0 radical (unpaired) electrons. The van der Waals surface area contributed by atoms with E-state index in [-0.39, 0.29) is 29.1 Å². The summed E-state index contributed by atoms with van der Waals surface area (Å²) in [7, 11) is 1.66. The van der Waals surface area contributed by atoms with Crippen molar-refractivity contribution in [3.8, 4) is 5.69 Å². The van der Waals surface area contributed by atoms with E-state index in [0.29, 0.717) is 18.8 Å². The SMILES string of the molecule is Cn1nc(C2CCN(CC(=O)Nc3ccc(F)c(Cl)c3)CC2)n(-c2ccccc2)c1=O. The lowest BCUT2D eigenvalue weighted by molar-refractivity contribution is -0.117. The van der Waals surface area contributed by atoms with Gasteiger partial charge in [0.2, 0.25) is 5.91 Å². The molecule has 2 heterocycles. The van der Waals surface area contributed by atoms with E-state index >= 15 is 0 Å². The van der Waals surface area contributed by atoms with Gasteiger partial charge in [-0.1, -0.05) is 29.8 Å². The molecular formula is C22H23ClFN5O2. The maximum atomic E-state index is 13.3. The Labute approximate surface area is 184 Å². The summed E-state index contributed by atoms with van der Waals surface area (Å²) in [6.07, 6.45) is 1.58. The van der Waals surface area contributed by atoms with Crippen molar-refractivity contribution in [3.05, 3.63) is 75.7 Å². The van der Waals surface area contributed by atoms with Crippen LogP contribution in [0.4, 0.5) is 10.1 Å². The molecule has 0 spiro atoms. The zero-order valence-electron chi connectivity index (χ0n) is 17.1. The van der Waals surface area contributed by atoms with E-state index in [1.165, 1.54) is 22.9 Å². The van der Waals surface area contributed by atoms with Gasteiger partial charge in [0.25, 0.3) is 0 Å². The number of hydrogen-bond acceptors (Lipinski definition) is 4. The number of anilines is 1. The summed E-state index contributed by atoms with van der Waals surface area (Å²) in [5.41, 5.74) is 1.10. The van der Waals surface area contributed by atoms with Crippen LogP contribution in [0.3, 0.4) is 0 Å². The summed E-state index contributed by atoms with van der Waals surface area (Å²) in [4.78, 5) is 27.1. The van der Waals surface area contributed by atoms with Crippen LogP contribution in [0.25, 0.3) is 5.69 Å². The van der Waals surface area contributed by atoms with Crippen LogP contribution < -0.4 is 11.0 Å². The Morgan fingerprint density at radius 2 is 1.90 bits per heavy atom. The topological polar surface area (TPSA) is 72.2 Å². The van der Waals surface area contributed by atoms with Crippen LogP contribution in [-0.4, -0.2) is 44.8 Å².